The molecule has 0 nitrogen and oxygen atoms in total. The van der Waals surface area contributed by atoms with Crippen LogP contribution in [0.2, 0.25) is 20.5 Å². The van der Waals surface area contributed by atoms with Gasteiger partial charge in [-0.05, 0) is 0 Å². The van der Waals surface area contributed by atoms with E-state index >= 15 is 0 Å². The molecule has 46 valence electrons. The molecule has 0 saturated heterocycles. The van der Waals surface area contributed by atoms with E-state index < -0.39 is 0 Å². The fourth-order valence-corrected chi connectivity index (χ4v) is 0. The average molecular weight is 126 g/mol. The molecule has 0 aliphatic carbocycles. The van der Waals surface area contributed by atoms with Crippen LogP contribution in [0.4, 0.5) is 0 Å². The van der Waals surface area contributed by atoms with E-state index in [9.17, 15) is 0 Å². The largest absolute Gasteiger partial charge is 0.130 e. The molecular formula is C5H15ArB. The van der Waals surface area contributed by atoms with Crippen LogP contribution in [0, 0.1) is 37.7 Å². The van der Waals surface area contributed by atoms with Crippen molar-refractivity contribution in [2.45, 2.75) is 34.3 Å². The summed E-state index contributed by atoms with van der Waals surface area (Å²) >= 11 is 0. The molecule has 0 rings (SSSR count). The topological polar surface area (TPSA) is 0 Å². The fraction of sp³-hybridized carbons (Fsp3) is 1.00. The molecule has 0 atom stereocenters. The predicted octanol–water partition coefficient (Wildman–Crippen LogP) is 2.40. The Labute approximate surface area is 78.1 Å². The van der Waals surface area contributed by atoms with Gasteiger partial charge in [-0.2, -0.15) is 0 Å². The van der Waals surface area contributed by atoms with Crippen molar-refractivity contribution >= 4 is 6.71 Å². The molecule has 0 heterocycles. The second-order valence-corrected chi connectivity index (χ2v) is 1.73. The molecule has 0 aromatic heterocycles. The number of rotatable bonds is 0. The Balaban J connectivity index is -0.0000000480. The average Bonchev–Trinajstić information content (AvgIpc) is 1.41. The van der Waals surface area contributed by atoms with E-state index in [0.29, 0.717) is 0 Å². The summed E-state index contributed by atoms with van der Waals surface area (Å²) in [5, 5.41) is 0. The smallest absolute Gasteiger partial charge is 0.0865 e. The molecule has 0 N–H and O–H groups in total. The summed E-state index contributed by atoms with van der Waals surface area (Å²) in [6.45, 7) is 11.3. The van der Waals surface area contributed by atoms with E-state index in [-0.39, 0.29) is 37.7 Å². The molecule has 0 aliphatic heterocycles. The van der Waals surface area contributed by atoms with E-state index in [0.717, 1.165) is 6.71 Å². The zero-order chi connectivity index (χ0) is 5.58. The molecule has 0 amide bonds. The first-order valence-corrected chi connectivity index (χ1v) is 2.73. The van der Waals surface area contributed by atoms with Gasteiger partial charge in [0.1, 0.15) is 6.71 Å². The summed E-state index contributed by atoms with van der Waals surface area (Å²) in [5.41, 5.74) is 0. The molecular weight excluding hydrogens is 111 g/mol. The van der Waals surface area contributed by atoms with Crippen LogP contribution in [-0.4, -0.2) is 6.71 Å². The summed E-state index contributed by atoms with van der Waals surface area (Å²) in [4.78, 5) is 0. The van der Waals surface area contributed by atoms with Gasteiger partial charge in [0.15, 0.2) is 0 Å². The number of hydrogen-bond acceptors (Lipinski definition) is 0. The Hall–Kier alpha value is 1.32. The Bertz CT molecular complexity index is 12.8. The van der Waals surface area contributed by atoms with Crippen molar-refractivity contribution in [1.29, 1.82) is 0 Å². The zero-order valence-corrected chi connectivity index (χ0v) is 6.64. The second kappa shape index (κ2) is 15.7. The van der Waals surface area contributed by atoms with Gasteiger partial charge >= 0.3 is 0 Å². The molecule has 0 unspecified atom stereocenters. The minimum atomic E-state index is 0. The first kappa shape index (κ1) is 15.8. The minimum absolute atomic E-state index is 0. The van der Waals surface area contributed by atoms with Crippen LogP contribution < -0.4 is 0 Å². The summed E-state index contributed by atoms with van der Waals surface area (Å²) in [6, 6.07) is 0. The van der Waals surface area contributed by atoms with E-state index in [2.05, 4.69) is 20.5 Å². The van der Waals surface area contributed by atoms with Crippen LogP contribution in [0.15, 0.2) is 0 Å². The van der Waals surface area contributed by atoms with Gasteiger partial charge in [0.25, 0.3) is 0 Å². The standard InChI is InChI=1S/C3H9B.C2H6.Ar/c1-4(2)3;1-2;/h1-3H3;1-2H3;. The van der Waals surface area contributed by atoms with Gasteiger partial charge in [0, 0.05) is 37.7 Å². The third-order valence-electron chi connectivity index (χ3n) is 0. The molecule has 0 saturated carbocycles. The molecule has 0 bridgehead atoms. The van der Waals surface area contributed by atoms with E-state index in [1.807, 2.05) is 13.8 Å². The maximum Gasteiger partial charge on any atom is 0.130 e. The SMILES string of the molecule is CB(C)C.CC.[Ar]. The second-order valence-electron chi connectivity index (χ2n) is 1.73. The van der Waals surface area contributed by atoms with Crippen LogP contribution in [-0.2, 0) is 0 Å². The quantitative estimate of drug-likeness (QED) is 0.437. The third kappa shape index (κ3) is 118. The summed E-state index contributed by atoms with van der Waals surface area (Å²) in [5.74, 6) is 0. The van der Waals surface area contributed by atoms with E-state index in [4.69, 9.17) is 0 Å². The summed E-state index contributed by atoms with van der Waals surface area (Å²) in [6.07, 6.45) is 0. The zero-order valence-electron chi connectivity index (χ0n) is 5.93. The van der Waals surface area contributed by atoms with E-state index in [1.165, 1.54) is 0 Å². The fourth-order valence-electron chi connectivity index (χ4n) is 0. The molecule has 0 aromatic carbocycles. The van der Waals surface area contributed by atoms with Gasteiger partial charge in [0.2, 0.25) is 0 Å². The van der Waals surface area contributed by atoms with Gasteiger partial charge in [-0.15, -0.1) is 0 Å². The Morgan fingerprint density at radius 1 is 0.857 bits per heavy atom. The van der Waals surface area contributed by atoms with Crippen molar-refractivity contribution in [2.24, 2.45) is 0 Å². The van der Waals surface area contributed by atoms with E-state index in [1.54, 1.807) is 0 Å². The third-order valence-corrected chi connectivity index (χ3v) is 0. The van der Waals surface area contributed by atoms with Crippen LogP contribution in [0.25, 0.3) is 0 Å². The van der Waals surface area contributed by atoms with Gasteiger partial charge < -0.3 is 0 Å². The van der Waals surface area contributed by atoms with Crippen molar-refractivity contribution in [3.8, 4) is 0 Å². The maximum absolute atomic E-state index is 2.17. The van der Waals surface area contributed by atoms with Crippen LogP contribution in [0.3, 0.4) is 0 Å². The molecule has 0 aliphatic rings. The normalized spacial score (nSPS) is 4.71. The molecule has 2 heteroatoms. The van der Waals surface area contributed by atoms with Gasteiger partial charge in [-0.25, -0.2) is 0 Å². The van der Waals surface area contributed by atoms with Crippen LogP contribution in [0.1, 0.15) is 13.8 Å². The van der Waals surface area contributed by atoms with Crippen molar-refractivity contribution in [3.05, 3.63) is 0 Å². The van der Waals surface area contributed by atoms with Crippen LogP contribution >= 0.6 is 0 Å². The first-order chi connectivity index (χ1) is 2.73. The van der Waals surface area contributed by atoms with Crippen molar-refractivity contribution < 1.29 is 37.7 Å². The van der Waals surface area contributed by atoms with Crippen molar-refractivity contribution in [3.63, 3.8) is 0 Å². The van der Waals surface area contributed by atoms with Gasteiger partial charge in [-0.3, -0.25) is 0 Å². The molecule has 0 spiro atoms. The van der Waals surface area contributed by atoms with Crippen LogP contribution in [0.5, 0.6) is 0 Å². The van der Waals surface area contributed by atoms with Crippen molar-refractivity contribution in [1.82, 2.24) is 0 Å². The van der Waals surface area contributed by atoms with Crippen molar-refractivity contribution in [2.75, 3.05) is 0 Å². The molecule has 0 aromatic rings. The summed E-state index contributed by atoms with van der Waals surface area (Å²) in [7, 11) is 0. The summed E-state index contributed by atoms with van der Waals surface area (Å²) < 4.78 is 0. The Morgan fingerprint density at radius 3 is 0.857 bits per heavy atom. The van der Waals surface area contributed by atoms with Gasteiger partial charge in [0.05, 0.1) is 0 Å². The molecule has 0 radical (unpaired) electrons. The molecule has 7 heavy (non-hydrogen) atoms. The molecule has 0 fully saturated rings. The monoisotopic (exact) mass is 126 g/mol. The maximum atomic E-state index is 2.17. The van der Waals surface area contributed by atoms with Gasteiger partial charge in [-0.1, -0.05) is 34.3 Å². The Kier molecular flexibility index (Phi) is 35.3. The Morgan fingerprint density at radius 2 is 0.857 bits per heavy atom. The predicted molar refractivity (Wildman–Crippen MR) is 34.7 cm³/mol. The number of hydrogen-bond donors (Lipinski definition) is 0. The first-order valence-electron chi connectivity index (χ1n) is 2.73. The minimum Gasteiger partial charge on any atom is -0.0865 e.